The summed E-state index contributed by atoms with van der Waals surface area (Å²) in [6.45, 7) is 4.73. The highest BCUT2D eigenvalue weighted by atomic mass is 16.6. The van der Waals surface area contributed by atoms with Crippen LogP contribution in [0.15, 0.2) is 14.4 Å². The van der Waals surface area contributed by atoms with Gasteiger partial charge in [-0.2, -0.15) is 0 Å². The molecule has 51 heavy (non-hydrogen) atoms. The SMILES string of the molecule is CC1CCC2C(=O)OC(=O)C2C1.O=C(OCC1CCC2CC2C1)C1CCC2OC2C1.O=c1n(CC2CC2)c(=O)n(CC2CO2)c(=O)n1CC1CO1. The van der Waals surface area contributed by atoms with E-state index in [1.54, 1.807) is 0 Å². The molecule has 5 heterocycles. The number of nitrogens with zero attached hydrogens (tertiary/aromatic N) is 3. The van der Waals surface area contributed by atoms with E-state index in [1.807, 2.05) is 0 Å². The molecular formula is C37H51N3O11. The van der Waals surface area contributed by atoms with E-state index in [0.717, 1.165) is 72.3 Å². The minimum atomic E-state index is -0.553. The van der Waals surface area contributed by atoms with E-state index in [1.165, 1.54) is 30.3 Å². The number of esters is 3. The second-order valence-corrected chi connectivity index (χ2v) is 16.7. The van der Waals surface area contributed by atoms with Gasteiger partial charge in [-0.05, 0) is 107 Å². The van der Waals surface area contributed by atoms with E-state index in [2.05, 4.69) is 11.7 Å². The van der Waals surface area contributed by atoms with Gasteiger partial charge >= 0.3 is 35.0 Å². The summed E-state index contributed by atoms with van der Waals surface area (Å²) in [5.41, 5.74) is -1.58. The van der Waals surface area contributed by atoms with E-state index >= 15 is 0 Å². The molecule has 0 spiro atoms. The predicted molar refractivity (Wildman–Crippen MR) is 178 cm³/mol. The fourth-order valence-corrected chi connectivity index (χ4v) is 8.67. The first-order valence-corrected chi connectivity index (χ1v) is 19.4. The fourth-order valence-electron chi connectivity index (χ4n) is 8.67. The number of epoxide rings is 3. The van der Waals surface area contributed by atoms with Crippen LogP contribution in [-0.2, 0) is 57.7 Å². The molecule has 11 unspecified atom stereocenters. The summed E-state index contributed by atoms with van der Waals surface area (Å²) in [7, 11) is 0. The standard InChI is InChI=1S/C15H22O3.C13H17N3O5.C9H12O3/c16-15(11-3-4-13-14(7-11)18-13)17-8-9-1-2-10-6-12(10)5-9;17-11-14(3-8-1-2-8)12(18)16(5-10-7-21-10)13(19)15(11)4-9-6-20-9;1-5-2-3-6-7(4-5)9(11)12-8(6)10/h9-14H,1-8H2;8-10H,1-7H2;5-7H,2-4H2,1H3. The smallest absolute Gasteiger partial charge is 0.336 e. The van der Waals surface area contributed by atoms with Crippen molar-refractivity contribution in [2.75, 3.05) is 19.8 Å². The first kappa shape index (κ1) is 35.0. The summed E-state index contributed by atoms with van der Waals surface area (Å²) >= 11 is 0. The second kappa shape index (κ2) is 14.4. The van der Waals surface area contributed by atoms with E-state index in [4.69, 9.17) is 18.9 Å². The highest BCUT2D eigenvalue weighted by Crippen LogP contribution is 2.51. The van der Waals surface area contributed by atoms with Gasteiger partial charge in [0.05, 0.1) is 75.1 Å². The van der Waals surface area contributed by atoms with Gasteiger partial charge in [0.25, 0.3) is 0 Å². The molecule has 14 nitrogen and oxygen atoms in total. The number of ether oxygens (including phenoxy) is 5. The molecule has 280 valence electrons. The molecule has 11 atom stereocenters. The van der Waals surface area contributed by atoms with Gasteiger partial charge in [-0.15, -0.1) is 0 Å². The molecule has 9 aliphatic rings. The average molecular weight is 714 g/mol. The summed E-state index contributed by atoms with van der Waals surface area (Å²) in [6.07, 6.45) is 13.7. The van der Waals surface area contributed by atoms with Crippen molar-refractivity contribution in [1.82, 2.24) is 13.7 Å². The van der Waals surface area contributed by atoms with Crippen molar-refractivity contribution in [3.8, 4) is 0 Å². The van der Waals surface area contributed by atoms with Crippen LogP contribution in [0.5, 0.6) is 0 Å². The summed E-state index contributed by atoms with van der Waals surface area (Å²) in [5, 5.41) is 0. The second-order valence-electron chi connectivity index (χ2n) is 16.7. The lowest BCUT2D eigenvalue weighted by Crippen LogP contribution is -2.55. The molecule has 0 N–H and O–H groups in total. The third kappa shape index (κ3) is 8.43. The Bertz CT molecular complexity index is 1560. The van der Waals surface area contributed by atoms with Crippen molar-refractivity contribution in [2.24, 2.45) is 47.3 Å². The van der Waals surface area contributed by atoms with Crippen molar-refractivity contribution in [3.05, 3.63) is 31.5 Å². The zero-order valence-corrected chi connectivity index (χ0v) is 29.5. The van der Waals surface area contributed by atoms with Gasteiger partial charge in [0, 0.05) is 6.54 Å². The number of aromatic nitrogens is 3. The third-order valence-corrected chi connectivity index (χ3v) is 12.5. The predicted octanol–water partition coefficient (Wildman–Crippen LogP) is 2.03. The lowest BCUT2D eigenvalue weighted by atomic mass is 9.76. The third-order valence-electron chi connectivity index (χ3n) is 12.5. The van der Waals surface area contributed by atoms with E-state index < -0.39 is 17.1 Å². The van der Waals surface area contributed by atoms with Gasteiger partial charge in [-0.3, -0.25) is 14.4 Å². The monoisotopic (exact) mass is 713 g/mol. The van der Waals surface area contributed by atoms with E-state index in [9.17, 15) is 28.8 Å². The van der Waals surface area contributed by atoms with E-state index in [0.29, 0.717) is 56.3 Å². The Balaban J connectivity index is 0.000000114. The minimum absolute atomic E-state index is 0.0434. The molecule has 10 rings (SSSR count). The first-order chi connectivity index (χ1) is 24.6. The average Bonchev–Trinajstić information content (AvgIpc) is 3.89. The minimum Gasteiger partial charge on any atom is -0.465 e. The van der Waals surface area contributed by atoms with Gasteiger partial charge in [0.15, 0.2) is 0 Å². The van der Waals surface area contributed by atoms with Crippen LogP contribution < -0.4 is 17.1 Å². The maximum Gasteiger partial charge on any atom is 0.336 e. The maximum absolute atomic E-state index is 12.4. The van der Waals surface area contributed by atoms with Crippen molar-refractivity contribution < 1.29 is 38.1 Å². The van der Waals surface area contributed by atoms with Crippen LogP contribution in [0.4, 0.5) is 0 Å². The normalized spacial score (nSPS) is 37.9. The summed E-state index contributed by atoms with van der Waals surface area (Å²) in [6, 6.07) is 0. The Kier molecular flexibility index (Phi) is 9.85. The number of cyclic esters (lactones) is 2. The number of rotatable bonds is 9. The molecule has 0 amide bonds. The fraction of sp³-hybridized carbons (Fsp3) is 0.838. The molecular weight excluding hydrogens is 662 g/mol. The Hall–Kier alpha value is -3.10. The van der Waals surface area contributed by atoms with Crippen LogP contribution in [0.2, 0.25) is 0 Å². The largest absolute Gasteiger partial charge is 0.465 e. The number of hydrogen-bond acceptors (Lipinski definition) is 11. The Labute approximate surface area is 296 Å². The maximum atomic E-state index is 12.4. The van der Waals surface area contributed by atoms with Crippen molar-refractivity contribution in [1.29, 1.82) is 0 Å². The summed E-state index contributed by atoms with van der Waals surface area (Å²) < 4.78 is 29.3. The molecule has 4 saturated heterocycles. The molecule has 0 bridgehead atoms. The molecule has 0 aromatic carbocycles. The van der Waals surface area contributed by atoms with Crippen LogP contribution in [0.1, 0.15) is 84.0 Å². The number of fused-ring (bicyclic) bond motifs is 3. The zero-order valence-electron chi connectivity index (χ0n) is 29.5. The van der Waals surface area contributed by atoms with Crippen LogP contribution in [-0.4, -0.2) is 75.8 Å². The Morgan fingerprint density at radius 1 is 0.647 bits per heavy atom. The highest BCUT2D eigenvalue weighted by Gasteiger charge is 2.48. The van der Waals surface area contributed by atoms with Gasteiger partial charge in [0.1, 0.15) is 0 Å². The van der Waals surface area contributed by atoms with Crippen molar-refractivity contribution >= 4 is 17.9 Å². The molecule has 1 aromatic heterocycles. The Morgan fingerprint density at radius 3 is 1.88 bits per heavy atom. The van der Waals surface area contributed by atoms with Gasteiger partial charge in [-0.25, -0.2) is 28.1 Å². The van der Waals surface area contributed by atoms with E-state index in [-0.39, 0.29) is 61.0 Å². The lowest BCUT2D eigenvalue weighted by molar-refractivity contribution is -0.154. The van der Waals surface area contributed by atoms with Crippen molar-refractivity contribution in [3.63, 3.8) is 0 Å². The van der Waals surface area contributed by atoms with Crippen LogP contribution in [0.3, 0.4) is 0 Å². The first-order valence-electron chi connectivity index (χ1n) is 19.4. The van der Waals surface area contributed by atoms with Crippen LogP contribution >= 0.6 is 0 Å². The molecule has 5 aliphatic carbocycles. The topological polar surface area (TPSA) is 173 Å². The van der Waals surface area contributed by atoms with Gasteiger partial charge in [0.2, 0.25) is 0 Å². The molecule has 14 heteroatoms. The summed E-state index contributed by atoms with van der Waals surface area (Å²) in [5.74, 6) is 2.91. The highest BCUT2D eigenvalue weighted by molar-refractivity contribution is 5.96. The quantitative estimate of drug-likeness (QED) is 0.208. The number of carbonyl (C=O) groups is 3. The summed E-state index contributed by atoms with van der Waals surface area (Å²) in [4.78, 5) is 71.4. The molecule has 9 fully saturated rings. The van der Waals surface area contributed by atoms with Gasteiger partial charge in [-0.1, -0.05) is 6.92 Å². The lowest BCUT2D eigenvalue weighted by Gasteiger charge is -2.24. The molecule has 1 aromatic rings. The number of hydrogen-bond donors (Lipinski definition) is 0. The van der Waals surface area contributed by atoms with Crippen LogP contribution in [0.25, 0.3) is 0 Å². The molecule has 0 radical (unpaired) electrons. The Morgan fingerprint density at radius 2 is 1.27 bits per heavy atom. The molecule has 5 saturated carbocycles. The molecule has 4 aliphatic heterocycles. The zero-order chi connectivity index (χ0) is 35.4. The number of carbonyl (C=O) groups excluding carboxylic acids is 3. The van der Waals surface area contributed by atoms with Gasteiger partial charge < -0.3 is 23.7 Å². The van der Waals surface area contributed by atoms with Crippen molar-refractivity contribution in [2.45, 2.75) is 128 Å². The van der Waals surface area contributed by atoms with Crippen LogP contribution in [0, 0.1) is 47.3 Å².